The molecule has 3 heterocycles. The Balaban J connectivity index is 1.78. The minimum Gasteiger partial charge on any atom is -0.352 e. The second-order valence-corrected chi connectivity index (χ2v) is 6.34. The third kappa shape index (κ3) is 2.57. The van der Waals surface area contributed by atoms with Crippen LogP contribution in [0.4, 0.5) is 5.82 Å². The normalized spacial score (nSPS) is 18.5. The molecule has 0 saturated carbocycles. The van der Waals surface area contributed by atoms with Crippen molar-refractivity contribution >= 4 is 11.3 Å². The molecule has 0 spiro atoms. The molecule has 5 nitrogen and oxygen atoms in total. The van der Waals surface area contributed by atoms with Crippen molar-refractivity contribution in [2.75, 3.05) is 18.0 Å². The van der Waals surface area contributed by atoms with Gasteiger partial charge in [-0.3, -0.25) is 4.40 Å². The number of rotatable bonds is 2. The fourth-order valence-corrected chi connectivity index (χ4v) is 3.33. The molecule has 0 bridgehead atoms. The molecule has 23 heavy (non-hydrogen) atoms. The van der Waals surface area contributed by atoms with Crippen LogP contribution in [0.2, 0.25) is 0 Å². The number of benzene rings is 1. The molecule has 5 heteroatoms. The van der Waals surface area contributed by atoms with Gasteiger partial charge in [0.1, 0.15) is 6.33 Å². The molecule has 4 rings (SSSR count). The number of piperidine rings is 1. The van der Waals surface area contributed by atoms with Crippen molar-refractivity contribution in [3.63, 3.8) is 0 Å². The van der Waals surface area contributed by atoms with Gasteiger partial charge in [0.25, 0.3) is 0 Å². The molecular weight excluding hydrogens is 286 g/mol. The topological polar surface area (TPSA) is 59.5 Å². The van der Waals surface area contributed by atoms with E-state index in [1.165, 1.54) is 11.1 Å². The van der Waals surface area contributed by atoms with Crippen molar-refractivity contribution in [3.05, 3.63) is 48.3 Å². The minimum absolute atomic E-state index is 0.220. The first-order valence-electron chi connectivity index (χ1n) is 8.13. The van der Waals surface area contributed by atoms with Gasteiger partial charge in [0, 0.05) is 19.1 Å². The molecule has 1 aromatic carbocycles. The van der Waals surface area contributed by atoms with Gasteiger partial charge in [-0.05, 0) is 37.5 Å². The molecule has 1 fully saturated rings. The predicted octanol–water partition coefficient (Wildman–Crippen LogP) is 2.63. The quantitative estimate of drug-likeness (QED) is 0.790. The monoisotopic (exact) mass is 307 g/mol. The van der Waals surface area contributed by atoms with Crippen LogP contribution < -0.4 is 10.6 Å². The zero-order chi connectivity index (χ0) is 15.8. The number of hydrogen-bond acceptors (Lipinski definition) is 4. The predicted molar refractivity (Wildman–Crippen MR) is 92.6 cm³/mol. The molecule has 1 unspecified atom stereocenters. The van der Waals surface area contributed by atoms with E-state index in [-0.39, 0.29) is 6.04 Å². The minimum atomic E-state index is 0.220. The van der Waals surface area contributed by atoms with Crippen molar-refractivity contribution < 1.29 is 0 Å². The Hall–Kier alpha value is -2.40. The Kier molecular flexibility index (Phi) is 3.50. The zero-order valence-electron chi connectivity index (χ0n) is 13.3. The fourth-order valence-electron chi connectivity index (χ4n) is 3.33. The highest BCUT2D eigenvalue weighted by Crippen LogP contribution is 2.28. The molecule has 0 amide bonds. The van der Waals surface area contributed by atoms with Gasteiger partial charge in [-0.1, -0.05) is 29.8 Å². The summed E-state index contributed by atoms with van der Waals surface area (Å²) >= 11 is 0. The summed E-state index contributed by atoms with van der Waals surface area (Å²) in [6, 6.07) is 13.0. The summed E-state index contributed by atoms with van der Waals surface area (Å²) in [6.45, 7) is 3.94. The van der Waals surface area contributed by atoms with E-state index in [1.54, 1.807) is 6.33 Å². The van der Waals surface area contributed by atoms with E-state index >= 15 is 0 Å². The lowest BCUT2D eigenvalue weighted by molar-refractivity contribution is 0.502. The summed E-state index contributed by atoms with van der Waals surface area (Å²) in [6.07, 6.45) is 3.98. The molecule has 1 aliphatic heterocycles. The third-order valence-corrected chi connectivity index (χ3v) is 4.57. The fraction of sp³-hybridized carbons (Fsp3) is 0.333. The second-order valence-electron chi connectivity index (χ2n) is 6.34. The largest absolute Gasteiger partial charge is 0.352 e. The molecule has 2 aromatic heterocycles. The lowest BCUT2D eigenvalue weighted by atomic mass is 10.1. The number of anilines is 1. The number of hydrogen-bond donors (Lipinski definition) is 1. The lowest BCUT2D eigenvalue weighted by Crippen LogP contribution is -2.43. The number of aromatic nitrogens is 3. The van der Waals surface area contributed by atoms with Crippen molar-refractivity contribution in [3.8, 4) is 11.3 Å². The van der Waals surface area contributed by atoms with Crippen molar-refractivity contribution in [1.29, 1.82) is 0 Å². The van der Waals surface area contributed by atoms with E-state index in [0.717, 1.165) is 43.0 Å². The first-order valence-corrected chi connectivity index (χ1v) is 8.13. The first-order chi connectivity index (χ1) is 11.2. The molecule has 0 radical (unpaired) electrons. The van der Waals surface area contributed by atoms with Crippen LogP contribution in [-0.2, 0) is 0 Å². The van der Waals surface area contributed by atoms with Crippen LogP contribution in [-0.4, -0.2) is 33.7 Å². The van der Waals surface area contributed by atoms with E-state index < -0.39 is 0 Å². The molecular formula is C18H21N5. The number of nitrogens with two attached hydrogens (primary N) is 1. The summed E-state index contributed by atoms with van der Waals surface area (Å²) in [5.74, 6) is 0.931. The molecule has 0 aliphatic carbocycles. The molecule has 118 valence electrons. The number of nitrogens with zero attached hydrogens (tertiary/aromatic N) is 4. The molecule has 3 aromatic rings. The van der Waals surface area contributed by atoms with Gasteiger partial charge in [-0.2, -0.15) is 0 Å². The highest BCUT2D eigenvalue weighted by atomic mass is 15.3. The Morgan fingerprint density at radius 1 is 1.13 bits per heavy atom. The van der Waals surface area contributed by atoms with Gasteiger partial charge >= 0.3 is 0 Å². The van der Waals surface area contributed by atoms with Crippen LogP contribution in [0.5, 0.6) is 0 Å². The summed E-state index contributed by atoms with van der Waals surface area (Å²) in [5, 5.41) is 8.61. The van der Waals surface area contributed by atoms with E-state index in [4.69, 9.17) is 5.73 Å². The molecule has 2 N–H and O–H groups in total. The first kappa shape index (κ1) is 14.2. The number of fused-ring (bicyclic) bond motifs is 1. The molecule has 1 aliphatic rings. The highest BCUT2D eigenvalue weighted by Gasteiger charge is 2.21. The standard InChI is InChI=1S/C18H21N5/c1-13-4-6-14(7-5-13)16-8-9-17-18(21-20-12-23(16)17)22-10-2-3-15(19)11-22/h4-9,12,15H,2-3,10-11,19H2,1H3. The van der Waals surface area contributed by atoms with Crippen LogP contribution in [0.15, 0.2) is 42.7 Å². The van der Waals surface area contributed by atoms with Gasteiger partial charge in [-0.15, -0.1) is 10.2 Å². The summed E-state index contributed by atoms with van der Waals surface area (Å²) in [5.41, 5.74) is 10.8. The van der Waals surface area contributed by atoms with E-state index in [1.807, 2.05) is 0 Å². The SMILES string of the molecule is Cc1ccc(-c2ccc3c(N4CCCC(N)C4)nncn23)cc1. The average molecular weight is 307 g/mol. The second kappa shape index (κ2) is 5.66. The Morgan fingerprint density at radius 3 is 2.74 bits per heavy atom. The van der Waals surface area contributed by atoms with E-state index in [9.17, 15) is 0 Å². The zero-order valence-corrected chi connectivity index (χ0v) is 13.3. The maximum absolute atomic E-state index is 6.12. The smallest absolute Gasteiger partial charge is 0.175 e. The van der Waals surface area contributed by atoms with E-state index in [2.05, 4.69) is 62.8 Å². The van der Waals surface area contributed by atoms with Crippen LogP contribution in [0, 0.1) is 6.92 Å². The van der Waals surface area contributed by atoms with Gasteiger partial charge in [0.2, 0.25) is 0 Å². The van der Waals surface area contributed by atoms with Crippen molar-refractivity contribution in [2.24, 2.45) is 5.73 Å². The van der Waals surface area contributed by atoms with E-state index in [0.29, 0.717) is 0 Å². The Morgan fingerprint density at radius 2 is 1.96 bits per heavy atom. The summed E-state index contributed by atoms with van der Waals surface area (Å²) in [4.78, 5) is 2.26. The maximum atomic E-state index is 6.12. The summed E-state index contributed by atoms with van der Waals surface area (Å²) in [7, 11) is 0. The third-order valence-electron chi connectivity index (χ3n) is 4.57. The average Bonchev–Trinajstić information content (AvgIpc) is 2.99. The summed E-state index contributed by atoms with van der Waals surface area (Å²) < 4.78 is 2.12. The van der Waals surface area contributed by atoms with Crippen LogP contribution in [0.25, 0.3) is 16.8 Å². The maximum Gasteiger partial charge on any atom is 0.175 e. The number of aryl methyl sites for hydroxylation is 1. The van der Waals surface area contributed by atoms with Gasteiger partial charge < -0.3 is 10.6 Å². The van der Waals surface area contributed by atoms with Crippen LogP contribution >= 0.6 is 0 Å². The Bertz CT molecular complexity index is 821. The lowest BCUT2D eigenvalue weighted by Gasteiger charge is -2.31. The van der Waals surface area contributed by atoms with Crippen molar-refractivity contribution in [2.45, 2.75) is 25.8 Å². The highest BCUT2D eigenvalue weighted by molar-refractivity contribution is 5.75. The van der Waals surface area contributed by atoms with Crippen LogP contribution in [0.3, 0.4) is 0 Å². The van der Waals surface area contributed by atoms with Gasteiger partial charge in [-0.25, -0.2) is 0 Å². The molecule has 1 saturated heterocycles. The van der Waals surface area contributed by atoms with Crippen molar-refractivity contribution in [1.82, 2.24) is 14.6 Å². The van der Waals surface area contributed by atoms with Gasteiger partial charge in [0.15, 0.2) is 5.82 Å². The Labute approximate surface area is 135 Å². The molecule has 1 atom stereocenters. The van der Waals surface area contributed by atoms with Gasteiger partial charge in [0.05, 0.1) is 11.2 Å². The van der Waals surface area contributed by atoms with Crippen LogP contribution in [0.1, 0.15) is 18.4 Å².